The van der Waals surface area contributed by atoms with Gasteiger partial charge in [-0.15, -0.1) is 11.3 Å². The number of hydrogen-bond acceptors (Lipinski definition) is 5. The van der Waals surface area contributed by atoms with Crippen LogP contribution in [0.4, 0.5) is 5.13 Å². The summed E-state index contributed by atoms with van der Waals surface area (Å²) in [5, 5.41) is 14.5. The van der Waals surface area contributed by atoms with Crippen LogP contribution in [0.25, 0.3) is 22.2 Å². The number of thiazole rings is 1. The van der Waals surface area contributed by atoms with Gasteiger partial charge in [-0.2, -0.15) is 0 Å². The molecule has 0 radical (unpaired) electrons. The van der Waals surface area contributed by atoms with Gasteiger partial charge in [-0.25, -0.2) is 4.98 Å². The number of unbranched alkanes of at least 4 members (excludes halogenated alkanes) is 11. The maximum atomic E-state index is 13.3. The van der Waals surface area contributed by atoms with E-state index in [-0.39, 0.29) is 11.3 Å². The van der Waals surface area contributed by atoms with Gasteiger partial charge in [0.25, 0.3) is 11.5 Å². The maximum absolute atomic E-state index is 13.3. The first-order valence-corrected chi connectivity index (χ1v) is 16.0. The number of aromatic nitrogens is 2. The molecule has 0 aliphatic carbocycles. The van der Waals surface area contributed by atoms with Crippen molar-refractivity contribution in [3.8, 4) is 17.0 Å². The summed E-state index contributed by atoms with van der Waals surface area (Å²) in [6.45, 7) is 2.26. The highest BCUT2D eigenvalue weighted by Gasteiger charge is 2.23. The lowest BCUT2D eigenvalue weighted by molar-refractivity contribution is 0.102. The van der Waals surface area contributed by atoms with E-state index in [1.807, 2.05) is 30.3 Å². The molecule has 7 heteroatoms. The second kappa shape index (κ2) is 15.5. The molecule has 0 bridgehead atoms. The Hall–Kier alpha value is -3.45. The smallest absolute Gasteiger partial charge is 0.267 e. The zero-order chi connectivity index (χ0) is 29.0. The topological polar surface area (TPSA) is 84.2 Å². The Balaban J connectivity index is 1.37. The molecule has 0 spiro atoms. The first-order chi connectivity index (χ1) is 20.0. The number of para-hydroxylation sites is 1. The van der Waals surface area contributed by atoms with Gasteiger partial charge in [0.1, 0.15) is 11.3 Å². The van der Waals surface area contributed by atoms with Crippen LogP contribution in [0.5, 0.6) is 5.75 Å². The molecule has 218 valence electrons. The van der Waals surface area contributed by atoms with Crippen molar-refractivity contribution in [2.75, 3.05) is 5.32 Å². The average Bonchev–Trinajstić information content (AvgIpc) is 3.39. The third-order valence-electron chi connectivity index (χ3n) is 7.73. The number of nitrogens with zero attached hydrogens (tertiary/aromatic N) is 2. The van der Waals surface area contributed by atoms with Crippen LogP contribution in [-0.4, -0.2) is 20.6 Å². The highest BCUT2D eigenvalue weighted by atomic mass is 32.1. The van der Waals surface area contributed by atoms with Gasteiger partial charge in [-0.3, -0.25) is 14.9 Å². The number of anilines is 1. The van der Waals surface area contributed by atoms with E-state index in [9.17, 15) is 14.7 Å². The van der Waals surface area contributed by atoms with Gasteiger partial charge in [-0.1, -0.05) is 120 Å². The summed E-state index contributed by atoms with van der Waals surface area (Å²) in [5.41, 5.74) is 1.62. The van der Waals surface area contributed by atoms with E-state index in [1.54, 1.807) is 31.3 Å². The van der Waals surface area contributed by atoms with Crippen LogP contribution in [0, 0.1) is 0 Å². The number of rotatable bonds is 16. The van der Waals surface area contributed by atoms with E-state index >= 15 is 0 Å². The Labute approximate surface area is 247 Å². The molecule has 4 aromatic rings. The van der Waals surface area contributed by atoms with Gasteiger partial charge in [0, 0.05) is 22.9 Å². The fraction of sp³-hybridized carbons (Fsp3) is 0.441. The lowest BCUT2D eigenvalue weighted by atomic mass is 10.0. The number of aromatic hydroxyl groups is 1. The monoisotopic (exact) mass is 573 g/mol. The molecule has 2 aromatic heterocycles. The molecule has 0 aliphatic rings. The zero-order valence-corrected chi connectivity index (χ0v) is 25.3. The lowest BCUT2D eigenvalue weighted by Gasteiger charge is -2.11. The van der Waals surface area contributed by atoms with Crippen LogP contribution in [0.2, 0.25) is 0 Å². The molecule has 0 saturated heterocycles. The molecule has 0 aliphatic heterocycles. The molecule has 4 rings (SSSR count). The molecule has 0 unspecified atom stereocenters. The molecular weight excluding hydrogens is 530 g/mol. The summed E-state index contributed by atoms with van der Waals surface area (Å²) in [5.74, 6) is -0.961. The highest BCUT2D eigenvalue weighted by Crippen LogP contribution is 2.33. The maximum Gasteiger partial charge on any atom is 0.267 e. The first-order valence-electron chi connectivity index (χ1n) is 15.2. The number of carbonyl (C=O) groups excluding carboxylic acids is 1. The van der Waals surface area contributed by atoms with Crippen molar-refractivity contribution in [3.05, 3.63) is 75.4 Å². The van der Waals surface area contributed by atoms with Gasteiger partial charge in [0.05, 0.1) is 11.2 Å². The summed E-state index contributed by atoms with van der Waals surface area (Å²) in [4.78, 5) is 32.1. The SMILES string of the molecule is CCCCCCCCCCCCCCc1sc(NC(=O)c2c(O)c3ccccc3n(C)c2=O)nc1-c1ccccc1. The Morgan fingerprint density at radius 1 is 0.854 bits per heavy atom. The molecule has 6 nitrogen and oxygen atoms in total. The second-order valence-electron chi connectivity index (χ2n) is 10.9. The molecule has 2 N–H and O–H groups in total. The molecule has 2 heterocycles. The summed E-state index contributed by atoms with van der Waals surface area (Å²) < 4.78 is 1.39. The van der Waals surface area contributed by atoms with E-state index in [0.29, 0.717) is 16.0 Å². The predicted octanol–water partition coefficient (Wildman–Crippen LogP) is 8.86. The van der Waals surface area contributed by atoms with Crippen LogP contribution in [0.15, 0.2) is 59.4 Å². The number of amides is 1. The van der Waals surface area contributed by atoms with Crippen molar-refractivity contribution < 1.29 is 9.90 Å². The second-order valence-corrected chi connectivity index (χ2v) is 11.9. The Kier molecular flexibility index (Phi) is 11.6. The number of fused-ring (bicyclic) bond motifs is 1. The summed E-state index contributed by atoms with van der Waals surface area (Å²) >= 11 is 1.45. The van der Waals surface area contributed by atoms with Gasteiger partial charge >= 0.3 is 0 Å². The Morgan fingerprint density at radius 3 is 2.10 bits per heavy atom. The zero-order valence-electron chi connectivity index (χ0n) is 24.5. The molecule has 0 saturated carbocycles. The van der Waals surface area contributed by atoms with Crippen molar-refractivity contribution in [2.45, 2.75) is 90.4 Å². The number of hydrogen-bond donors (Lipinski definition) is 2. The van der Waals surface area contributed by atoms with E-state index < -0.39 is 11.5 Å². The first kappa shape index (κ1) is 30.5. The van der Waals surface area contributed by atoms with Crippen LogP contribution in [-0.2, 0) is 13.5 Å². The fourth-order valence-electron chi connectivity index (χ4n) is 5.37. The summed E-state index contributed by atoms with van der Waals surface area (Å²) in [6.07, 6.45) is 16.5. The predicted molar refractivity (Wildman–Crippen MR) is 171 cm³/mol. The number of benzene rings is 2. The third-order valence-corrected chi connectivity index (χ3v) is 8.76. The minimum atomic E-state index is -0.654. The normalized spacial score (nSPS) is 11.3. The minimum Gasteiger partial charge on any atom is -0.506 e. The molecule has 1 amide bonds. The molecule has 2 aromatic carbocycles. The number of pyridine rings is 1. The van der Waals surface area contributed by atoms with Crippen molar-refractivity contribution in [1.82, 2.24) is 9.55 Å². The van der Waals surface area contributed by atoms with Crippen LogP contribution in [0.3, 0.4) is 0 Å². The van der Waals surface area contributed by atoms with Gasteiger partial charge in [0.15, 0.2) is 5.13 Å². The van der Waals surface area contributed by atoms with Crippen molar-refractivity contribution in [2.24, 2.45) is 7.05 Å². The fourth-order valence-corrected chi connectivity index (χ4v) is 6.39. The highest BCUT2D eigenvalue weighted by molar-refractivity contribution is 7.16. The lowest BCUT2D eigenvalue weighted by Crippen LogP contribution is -2.28. The van der Waals surface area contributed by atoms with Crippen LogP contribution >= 0.6 is 11.3 Å². The Morgan fingerprint density at radius 2 is 1.44 bits per heavy atom. The standard InChI is InChI=1S/C34H43N3O3S/c1-3-4-5-6-7-8-9-10-11-12-13-17-24-28-30(25-20-15-14-16-21-25)35-34(41-28)36-32(39)29-31(38)26-22-18-19-23-27(26)37(2)33(29)40/h14-16,18-23,38H,3-13,17,24H2,1-2H3,(H,35,36,39). The average molecular weight is 574 g/mol. The van der Waals surface area contributed by atoms with E-state index in [1.165, 1.54) is 86.5 Å². The van der Waals surface area contributed by atoms with E-state index in [0.717, 1.165) is 29.0 Å². The number of carbonyl (C=O) groups is 1. The number of aryl methyl sites for hydroxylation is 2. The Bertz CT molecular complexity index is 1480. The van der Waals surface area contributed by atoms with Gasteiger partial charge in [-0.05, 0) is 25.0 Å². The third kappa shape index (κ3) is 8.07. The molecule has 0 fully saturated rings. The molecular formula is C34H43N3O3S. The van der Waals surface area contributed by atoms with Crippen molar-refractivity contribution >= 4 is 33.3 Å². The van der Waals surface area contributed by atoms with E-state index in [4.69, 9.17) is 4.98 Å². The van der Waals surface area contributed by atoms with Crippen molar-refractivity contribution in [3.63, 3.8) is 0 Å². The molecule has 41 heavy (non-hydrogen) atoms. The van der Waals surface area contributed by atoms with Gasteiger partial charge in [0.2, 0.25) is 0 Å². The van der Waals surface area contributed by atoms with Crippen molar-refractivity contribution in [1.29, 1.82) is 0 Å². The summed E-state index contributed by atoms with van der Waals surface area (Å²) in [6, 6.07) is 17.0. The van der Waals surface area contributed by atoms with Crippen LogP contribution < -0.4 is 10.9 Å². The quantitative estimate of drug-likeness (QED) is 0.131. The largest absolute Gasteiger partial charge is 0.506 e. The molecule has 0 atom stereocenters. The minimum absolute atomic E-state index is 0.273. The van der Waals surface area contributed by atoms with E-state index in [2.05, 4.69) is 12.2 Å². The van der Waals surface area contributed by atoms with Gasteiger partial charge < -0.3 is 9.67 Å². The van der Waals surface area contributed by atoms with Crippen LogP contribution in [0.1, 0.15) is 99.2 Å². The summed E-state index contributed by atoms with van der Waals surface area (Å²) in [7, 11) is 1.60. The number of nitrogens with one attached hydrogen (secondary N) is 1.